The van der Waals surface area contributed by atoms with Crippen LogP contribution in [0.4, 0.5) is 5.95 Å². The Hall–Kier alpha value is -1.65. The molecule has 2 rings (SSSR count). The third-order valence-electron chi connectivity index (χ3n) is 2.98. The number of anilines is 1. The summed E-state index contributed by atoms with van der Waals surface area (Å²) in [6.07, 6.45) is -0.434. The zero-order valence-electron chi connectivity index (χ0n) is 10.4. The van der Waals surface area contributed by atoms with E-state index in [2.05, 4.69) is 27.0 Å². The quantitative estimate of drug-likeness (QED) is 0.781. The van der Waals surface area contributed by atoms with Gasteiger partial charge in [-0.15, -0.1) is 0 Å². The first kappa shape index (κ1) is 12.8. The first-order valence-electron chi connectivity index (χ1n) is 6.00. The lowest BCUT2D eigenvalue weighted by atomic mass is 10.2. The summed E-state index contributed by atoms with van der Waals surface area (Å²) < 4.78 is 5.08. The van der Waals surface area contributed by atoms with Crippen LogP contribution < -0.4 is 4.90 Å². The van der Waals surface area contributed by atoms with Gasteiger partial charge in [0.05, 0.1) is 25.0 Å². The van der Waals surface area contributed by atoms with E-state index in [1.165, 1.54) is 0 Å². The van der Waals surface area contributed by atoms with Crippen molar-refractivity contribution in [3.63, 3.8) is 0 Å². The van der Waals surface area contributed by atoms with Gasteiger partial charge in [-0.05, 0) is 12.2 Å². The molecule has 0 amide bonds. The van der Waals surface area contributed by atoms with Crippen molar-refractivity contribution in [3.8, 4) is 6.07 Å². The number of likely N-dealkylation sites (N-methyl/N-ethyl adjacent to an activating group) is 1. The van der Waals surface area contributed by atoms with Crippen LogP contribution in [0.1, 0.15) is 12.3 Å². The van der Waals surface area contributed by atoms with Crippen LogP contribution in [0.15, 0.2) is 4.52 Å². The topological polar surface area (TPSA) is 89.4 Å². The number of hydrogen-bond donors (Lipinski definition) is 1. The van der Waals surface area contributed by atoms with Crippen LogP contribution in [0.2, 0.25) is 0 Å². The number of nitrogens with zero attached hydrogens (tertiary/aromatic N) is 5. The molecule has 0 bridgehead atoms. The van der Waals surface area contributed by atoms with Crippen LogP contribution in [0, 0.1) is 11.3 Å². The largest absolute Gasteiger partial charge is 0.392 e. The molecule has 1 atom stereocenters. The van der Waals surface area contributed by atoms with Gasteiger partial charge in [-0.1, -0.05) is 0 Å². The van der Waals surface area contributed by atoms with E-state index in [9.17, 15) is 5.11 Å². The fourth-order valence-corrected chi connectivity index (χ4v) is 1.84. The number of aliphatic hydroxyl groups excluding tert-OH is 1. The van der Waals surface area contributed by atoms with Gasteiger partial charge in [0.1, 0.15) is 0 Å². The van der Waals surface area contributed by atoms with Crippen LogP contribution >= 0.6 is 0 Å². The van der Waals surface area contributed by atoms with Crippen LogP contribution in [-0.4, -0.2) is 59.5 Å². The molecule has 1 N–H and O–H groups in total. The van der Waals surface area contributed by atoms with Crippen LogP contribution in [-0.2, 0) is 6.42 Å². The molecular formula is C11H17N5O2. The molecule has 1 aromatic heterocycles. The number of hydrogen-bond acceptors (Lipinski definition) is 7. The molecule has 7 heteroatoms. The van der Waals surface area contributed by atoms with E-state index in [4.69, 9.17) is 9.78 Å². The average Bonchev–Trinajstić information content (AvgIpc) is 2.78. The second-order valence-corrected chi connectivity index (χ2v) is 4.50. The third kappa shape index (κ3) is 3.18. The summed E-state index contributed by atoms with van der Waals surface area (Å²) in [5.41, 5.74) is 0. The van der Waals surface area contributed by atoms with Gasteiger partial charge < -0.3 is 19.4 Å². The molecule has 1 aromatic rings. The fourth-order valence-electron chi connectivity index (χ4n) is 1.84. The lowest BCUT2D eigenvalue weighted by Crippen LogP contribution is -2.44. The van der Waals surface area contributed by atoms with E-state index in [1.54, 1.807) is 0 Å². The SMILES string of the molecule is CN1CCN(c2noc(CC(O)CC#N)n2)CC1. The minimum atomic E-state index is -0.740. The van der Waals surface area contributed by atoms with Crippen molar-refractivity contribution in [2.75, 3.05) is 38.1 Å². The zero-order valence-corrected chi connectivity index (χ0v) is 10.4. The molecule has 2 heterocycles. The summed E-state index contributed by atoms with van der Waals surface area (Å²) in [4.78, 5) is 8.54. The van der Waals surface area contributed by atoms with Crippen LogP contribution in [0.3, 0.4) is 0 Å². The highest BCUT2D eigenvalue weighted by molar-refractivity contribution is 5.28. The van der Waals surface area contributed by atoms with E-state index >= 15 is 0 Å². The Morgan fingerprint density at radius 2 is 2.17 bits per heavy atom. The molecule has 0 aliphatic carbocycles. The molecule has 98 valence electrons. The van der Waals surface area contributed by atoms with Crippen molar-refractivity contribution in [2.45, 2.75) is 18.9 Å². The Labute approximate surface area is 106 Å². The normalized spacial score (nSPS) is 18.6. The van der Waals surface area contributed by atoms with E-state index in [1.807, 2.05) is 6.07 Å². The van der Waals surface area contributed by atoms with Gasteiger partial charge >= 0.3 is 0 Å². The molecule has 1 unspecified atom stereocenters. The zero-order chi connectivity index (χ0) is 13.0. The number of rotatable bonds is 4. The Kier molecular flexibility index (Phi) is 4.12. The van der Waals surface area contributed by atoms with E-state index in [0.717, 1.165) is 26.2 Å². The molecule has 18 heavy (non-hydrogen) atoms. The molecule has 0 aromatic carbocycles. The van der Waals surface area contributed by atoms with Gasteiger partial charge in [0.25, 0.3) is 5.95 Å². The number of aromatic nitrogens is 2. The standard InChI is InChI=1S/C11H17N5O2/c1-15-4-6-16(7-5-15)11-13-10(18-14-11)8-9(17)2-3-12/h9,17H,2,4-8H2,1H3. The summed E-state index contributed by atoms with van der Waals surface area (Å²) >= 11 is 0. The molecule has 0 radical (unpaired) electrons. The lowest BCUT2D eigenvalue weighted by Gasteiger charge is -2.31. The maximum Gasteiger partial charge on any atom is 0.266 e. The maximum absolute atomic E-state index is 9.49. The Morgan fingerprint density at radius 3 is 2.83 bits per heavy atom. The minimum Gasteiger partial charge on any atom is -0.392 e. The average molecular weight is 251 g/mol. The first-order chi connectivity index (χ1) is 8.69. The molecule has 1 saturated heterocycles. The van der Waals surface area contributed by atoms with Crippen molar-refractivity contribution >= 4 is 5.95 Å². The van der Waals surface area contributed by atoms with E-state index in [-0.39, 0.29) is 12.8 Å². The van der Waals surface area contributed by atoms with Crippen molar-refractivity contribution in [1.29, 1.82) is 5.26 Å². The van der Waals surface area contributed by atoms with Crippen LogP contribution in [0.25, 0.3) is 0 Å². The molecule has 0 spiro atoms. The fraction of sp³-hybridized carbons (Fsp3) is 0.727. The van der Waals surface area contributed by atoms with Crippen LogP contribution in [0.5, 0.6) is 0 Å². The number of aliphatic hydroxyl groups is 1. The molecule has 1 fully saturated rings. The molecule has 0 saturated carbocycles. The second kappa shape index (κ2) is 5.80. The Morgan fingerprint density at radius 1 is 1.44 bits per heavy atom. The first-order valence-corrected chi connectivity index (χ1v) is 6.00. The number of nitriles is 1. The summed E-state index contributed by atoms with van der Waals surface area (Å²) in [6, 6.07) is 1.91. The van der Waals surface area contributed by atoms with Gasteiger partial charge in [0, 0.05) is 26.2 Å². The summed E-state index contributed by atoms with van der Waals surface area (Å²) in [5, 5.41) is 21.9. The highest BCUT2D eigenvalue weighted by Gasteiger charge is 2.19. The molecular weight excluding hydrogens is 234 g/mol. The predicted octanol–water partition coefficient (Wildman–Crippen LogP) is -0.362. The van der Waals surface area contributed by atoms with Gasteiger partial charge in [0.2, 0.25) is 5.89 Å². The van der Waals surface area contributed by atoms with Crippen molar-refractivity contribution in [2.24, 2.45) is 0 Å². The second-order valence-electron chi connectivity index (χ2n) is 4.50. The monoisotopic (exact) mass is 251 g/mol. The lowest BCUT2D eigenvalue weighted by molar-refractivity contribution is 0.167. The van der Waals surface area contributed by atoms with Crippen molar-refractivity contribution in [3.05, 3.63) is 5.89 Å². The molecule has 1 aliphatic rings. The third-order valence-corrected chi connectivity index (χ3v) is 2.98. The maximum atomic E-state index is 9.49. The highest BCUT2D eigenvalue weighted by Crippen LogP contribution is 2.13. The minimum absolute atomic E-state index is 0.0756. The van der Waals surface area contributed by atoms with E-state index < -0.39 is 6.10 Å². The Bertz CT molecular complexity index is 419. The van der Waals surface area contributed by atoms with Gasteiger partial charge in [-0.2, -0.15) is 10.2 Å². The van der Waals surface area contributed by atoms with Crippen molar-refractivity contribution in [1.82, 2.24) is 15.0 Å². The van der Waals surface area contributed by atoms with Gasteiger partial charge in [-0.3, -0.25) is 0 Å². The summed E-state index contributed by atoms with van der Waals surface area (Å²) in [5.74, 6) is 0.953. The smallest absolute Gasteiger partial charge is 0.266 e. The van der Waals surface area contributed by atoms with Crippen molar-refractivity contribution < 1.29 is 9.63 Å². The summed E-state index contributed by atoms with van der Waals surface area (Å²) in [6.45, 7) is 3.69. The Balaban J connectivity index is 1.92. The summed E-state index contributed by atoms with van der Waals surface area (Å²) in [7, 11) is 2.08. The van der Waals surface area contributed by atoms with Gasteiger partial charge in [-0.25, -0.2) is 0 Å². The number of piperazine rings is 1. The molecule has 7 nitrogen and oxygen atoms in total. The molecule has 1 aliphatic heterocycles. The highest BCUT2D eigenvalue weighted by atomic mass is 16.5. The predicted molar refractivity (Wildman–Crippen MR) is 63.9 cm³/mol. The van der Waals surface area contributed by atoms with Gasteiger partial charge in [0.15, 0.2) is 0 Å². The van der Waals surface area contributed by atoms with E-state index in [0.29, 0.717) is 11.8 Å².